The highest BCUT2D eigenvalue weighted by Gasteiger charge is 2.35. The first-order valence-electron chi connectivity index (χ1n) is 30.9. The summed E-state index contributed by atoms with van der Waals surface area (Å²) >= 11 is 0. The van der Waals surface area contributed by atoms with Gasteiger partial charge in [0.1, 0.15) is 126 Å². The molecule has 0 aliphatic heterocycles. The van der Waals surface area contributed by atoms with Crippen LogP contribution in [0.15, 0.2) is 0 Å². The Balaban J connectivity index is 7.90. The zero-order valence-corrected chi connectivity index (χ0v) is 55.5. The monoisotopic (exact) mass is 1490 g/mol. The van der Waals surface area contributed by atoms with E-state index in [9.17, 15) is 79.2 Å². The molecule has 0 heterocycles. The van der Waals surface area contributed by atoms with Crippen molar-refractivity contribution in [1.29, 1.82) is 0 Å². The van der Waals surface area contributed by atoms with Gasteiger partial charge in [-0.25, -0.2) is 38.4 Å². The van der Waals surface area contributed by atoms with Gasteiger partial charge >= 0.3 is 47.8 Å². The SMILES string of the molecule is O=C(O)COCC(O)COCC(COCC(COCC(COCC(O)COCC(=O)O)OCC(O)COCC(=O)O)(COCC(COCC(O)COCC(=O)O)OCC(O)COCC(=O)O)COCC(COCC(O)COCC(=O)O)OCC(O)COCC(=O)O)OCC(O)COCC(=O)O. The lowest BCUT2D eigenvalue weighted by molar-refractivity contribution is -0.163. The quantitative estimate of drug-likeness (QED) is 0.0269. The smallest absolute Gasteiger partial charge is 0.329 e. The van der Waals surface area contributed by atoms with E-state index in [4.69, 9.17) is 136 Å². The third kappa shape index (κ3) is 61.8. The van der Waals surface area contributed by atoms with Crippen LogP contribution < -0.4 is 0 Å². The van der Waals surface area contributed by atoms with E-state index in [1.54, 1.807) is 0 Å². The fourth-order valence-corrected chi connectivity index (χ4v) is 7.43. The Morgan fingerprint density at radius 3 is 0.465 bits per heavy atom. The summed E-state index contributed by atoms with van der Waals surface area (Å²) in [6.45, 7) is -20.4. The molecule has 0 rings (SSSR count). The van der Waals surface area contributed by atoms with Crippen molar-refractivity contribution in [1.82, 2.24) is 0 Å². The van der Waals surface area contributed by atoms with Crippen LogP contribution in [0.1, 0.15) is 0 Å². The van der Waals surface area contributed by atoms with Crippen LogP contribution >= 0.6 is 0 Å². The molecule has 12 unspecified atom stereocenters. The molecule has 12 atom stereocenters. The summed E-state index contributed by atoms with van der Waals surface area (Å²) in [5.41, 5.74) is -1.69. The van der Waals surface area contributed by atoms with Gasteiger partial charge in [-0.05, 0) is 0 Å². The van der Waals surface area contributed by atoms with E-state index in [0.29, 0.717) is 0 Å². The van der Waals surface area contributed by atoms with Gasteiger partial charge in [0.25, 0.3) is 0 Å². The molecule has 0 radical (unpaired) electrons. The molecule has 44 nitrogen and oxygen atoms in total. The fourth-order valence-electron chi connectivity index (χ4n) is 7.43. The first-order chi connectivity index (χ1) is 48.0. The number of carbonyl (C=O) groups is 8. The van der Waals surface area contributed by atoms with Crippen molar-refractivity contribution in [2.45, 2.75) is 73.2 Å². The van der Waals surface area contributed by atoms with Crippen molar-refractivity contribution in [3.63, 3.8) is 0 Å². The maximum Gasteiger partial charge on any atom is 0.329 e. The van der Waals surface area contributed by atoms with Gasteiger partial charge in [0.15, 0.2) is 0 Å². The van der Waals surface area contributed by atoms with E-state index in [0.717, 1.165) is 0 Å². The summed E-state index contributed by atoms with van der Waals surface area (Å²) < 4.78 is 111. The predicted molar refractivity (Wildman–Crippen MR) is 324 cm³/mol. The molecular formula is C57H100O44. The molecule has 0 aliphatic rings. The Morgan fingerprint density at radius 1 is 0.188 bits per heavy atom. The second-order valence-corrected chi connectivity index (χ2v) is 22.0. The summed E-state index contributed by atoms with van der Waals surface area (Å²) in [5.74, 6) is -10.7. The van der Waals surface area contributed by atoms with Crippen molar-refractivity contribution in [3.05, 3.63) is 0 Å². The maximum absolute atomic E-state index is 11.1. The summed E-state index contributed by atoms with van der Waals surface area (Å²) in [6.07, 6.45) is -16.2. The molecule has 0 spiro atoms. The normalized spacial score (nSPS) is 16.0. The van der Waals surface area contributed by atoms with Crippen molar-refractivity contribution in [3.8, 4) is 0 Å². The molecule has 0 aromatic rings. The number of aliphatic carboxylic acids is 8. The van der Waals surface area contributed by atoms with Crippen LogP contribution in [0.4, 0.5) is 0 Å². The van der Waals surface area contributed by atoms with Crippen molar-refractivity contribution < 1.29 is 215 Å². The van der Waals surface area contributed by atoms with E-state index in [1.807, 2.05) is 0 Å². The molecule has 0 amide bonds. The second-order valence-electron chi connectivity index (χ2n) is 22.0. The average molecular weight is 1490 g/mol. The largest absolute Gasteiger partial charge is 0.480 e. The third-order valence-corrected chi connectivity index (χ3v) is 11.7. The number of aliphatic hydroxyl groups excluding tert-OH is 8. The minimum absolute atomic E-state index is 0.443. The van der Waals surface area contributed by atoms with E-state index < -0.39 is 364 Å². The van der Waals surface area contributed by atoms with Crippen LogP contribution in [0, 0.1) is 5.41 Å². The average Bonchev–Trinajstić information content (AvgIpc) is 0.902. The van der Waals surface area contributed by atoms with Crippen LogP contribution in [0.25, 0.3) is 0 Å². The molecule has 0 aliphatic carbocycles. The number of carboxylic acids is 8. The lowest BCUT2D eigenvalue weighted by atomic mass is 9.92. The van der Waals surface area contributed by atoms with Gasteiger partial charge in [-0.3, -0.25) is 0 Å². The topological polar surface area (TPSA) is 645 Å². The summed E-state index contributed by atoms with van der Waals surface area (Å²) in [4.78, 5) is 88.4. The molecule has 0 fully saturated rings. The molecule has 44 heteroatoms. The van der Waals surface area contributed by atoms with Gasteiger partial charge in [-0.2, -0.15) is 0 Å². The Hall–Kier alpha value is -5.36. The highest BCUT2D eigenvalue weighted by molar-refractivity contribution is 5.70. The number of carboxylic acid groups (broad SMARTS) is 8. The Labute approximate surface area is 577 Å². The number of rotatable bonds is 76. The minimum Gasteiger partial charge on any atom is -0.480 e. The lowest BCUT2D eigenvalue weighted by Gasteiger charge is -2.35. The number of hydrogen-bond acceptors (Lipinski definition) is 36. The first-order valence-corrected chi connectivity index (χ1v) is 30.9. The molecule has 0 aromatic heterocycles. The third-order valence-electron chi connectivity index (χ3n) is 11.7. The Kier molecular flexibility index (Phi) is 57.8. The summed E-state index contributed by atoms with van der Waals surface area (Å²) in [5, 5.41) is 156. The maximum atomic E-state index is 11.1. The van der Waals surface area contributed by atoms with E-state index in [1.165, 1.54) is 0 Å². The van der Waals surface area contributed by atoms with Gasteiger partial charge in [-0.1, -0.05) is 0 Å². The summed E-state index contributed by atoms with van der Waals surface area (Å²) in [7, 11) is 0. The van der Waals surface area contributed by atoms with Gasteiger partial charge < -0.3 is 176 Å². The summed E-state index contributed by atoms with van der Waals surface area (Å²) in [6, 6.07) is 0. The van der Waals surface area contributed by atoms with Crippen LogP contribution in [-0.2, 0) is 133 Å². The van der Waals surface area contributed by atoms with Crippen molar-refractivity contribution in [2.24, 2.45) is 5.41 Å². The molecule has 0 bridgehead atoms. The van der Waals surface area contributed by atoms with Crippen LogP contribution in [-0.4, -0.2) is 441 Å². The number of hydrogen-bond donors (Lipinski definition) is 16. The minimum atomic E-state index is -1.69. The zero-order chi connectivity index (χ0) is 75.6. The fraction of sp³-hybridized carbons (Fsp3) is 0.860. The number of aliphatic hydroxyl groups is 8. The van der Waals surface area contributed by atoms with Crippen LogP contribution in [0.3, 0.4) is 0 Å². The van der Waals surface area contributed by atoms with Crippen LogP contribution in [0.2, 0.25) is 0 Å². The molecule has 0 saturated carbocycles. The Bertz CT molecular complexity index is 1870. The van der Waals surface area contributed by atoms with Crippen LogP contribution in [0.5, 0.6) is 0 Å². The Morgan fingerprint density at radius 2 is 0.317 bits per heavy atom. The second kappa shape index (κ2) is 61.0. The molecule has 16 N–H and O–H groups in total. The number of ether oxygens (including phenoxy) is 20. The van der Waals surface area contributed by atoms with Gasteiger partial charge in [0.2, 0.25) is 0 Å². The van der Waals surface area contributed by atoms with Crippen molar-refractivity contribution >= 4 is 47.8 Å². The zero-order valence-electron chi connectivity index (χ0n) is 55.5. The van der Waals surface area contributed by atoms with Gasteiger partial charge in [-0.15, -0.1) is 0 Å². The standard InChI is InChI=1S/C57H100O44/c58-37(5-86-25-49(66)67)1-82-17-45(98-13-41(62)9-90-29-53(74)75)21-94-33-57(34-95-22-46(99-14-42(63)10-91-30-54(76)77)18-83-2-38(59)6-87-26-50(68)69,35-96-23-47(100-15-43(64)11-92-31-55(78)79)19-84-3-39(60)7-88-27-51(70)71)36-97-24-48(101-16-44(65)12-93-32-56(80)81)20-85-4-40(61)8-89-28-52(72)73/h37-48,58-65H,1-36H2,(H,66,67)(H,68,69)(H,70,71)(H,72,73)(H,74,75)(H,76,77)(H,78,79)(H,80,81). The molecule has 101 heavy (non-hydrogen) atoms. The molecule has 0 aromatic carbocycles. The predicted octanol–water partition coefficient (Wildman–Crippen LogP) is -8.66. The molecular weight excluding hydrogens is 1390 g/mol. The van der Waals surface area contributed by atoms with Crippen molar-refractivity contribution in [2.75, 3.05) is 238 Å². The molecule has 592 valence electrons. The lowest BCUT2D eigenvalue weighted by Crippen LogP contribution is -2.45. The van der Waals surface area contributed by atoms with Gasteiger partial charge in [0, 0.05) is 0 Å². The first kappa shape index (κ1) is 95.6. The molecule has 0 saturated heterocycles. The van der Waals surface area contributed by atoms with E-state index in [-0.39, 0.29) is 0 Å². The highest BCUT2D eigenvalue weighted by atomic mass is 16.6. The highest BCUT2D eigenvalue weighted by Crippen LogP contribution is 2.23. The van der Waals surface area contributed by atoms with Gasteiger partial charge in [0.05, 0.1) is 190 Å². The van der Waals surface area contributed by atoms with E-state index in [2.05, 4.69) is 0 Å². The van der Waals surface area contributed by atoms with E-state index >= 15 is 0 Å².